The molecule has 1 aromatic carbocycles. The summed E-state index contributed by atoms with van der Waals surface area (Å²) in [5, 5.41) is 11.4. The lowest BCUT2D eigenvalue weighted by Crippen LogP contribution is -2.48. The molecule has 0 saturated carbocycles. The van der Waals surface area contributed by atoms with Crippen LogP contribution in [0.25, 0.3) is 11.0 Å². The number of benzene rings is 1. The number of para-hydroxylation sites is 1. The van der Waals surface area contributed by atoms with E-state index in [-0.39, 0.29) is 5.91 Å². The van der Waals surface area contributed by atoms with Crippen molar-refractivity contribution in [1.29, 1.82) is 0 Å². The first-order valence-corrected chi connectivity index (χ1v) is 7.72. The fraction of sp³-hybridized carbons (Fsp3) is 0.294. The van der Waals surface area contributed by atoms with Crippen LogP contribution in [0.2, 0.25) is 0 Å². The molecule has 1 aliphatic rings. The van der Waals surface area contributed by atoms with E-state index in [0.29, 0.717) is 6.42 Å². The lowest BCUT2D eigenvalue weighted by molar-refractivity contribution is -0.124. The second-order valence-corrected chi connectivity index (χ2v) is 6.09. The molecule has 1 N–H and O–H groups in total. The molecule has 0 unspecified atom stereocenters. The van der Waals surface area contributed by atoms with Crippen molar-refractivity contribution in [2.45, 2.75) is 32.2 Å². The van der Waals surface area contributed by atoms with Crippen molar-refractivity contribution < 1.29 is 4.79 Å². The van der Waals surface area contributed by atoms with Crippen molar-refractivity contribution >= 4 is 22.6 Å². The van der Waals surface area contributed by atoms with Crippen LogP contribution in [0, 0.1) is 0 Å². The maximum Gasteiger partial charge on any atom is 0.252 e. The number of nitrogens with zero attached hydrogens (tertiary/aromatic N) is 4. The minimum atomic E-state index is -0.843. The molecule has 1 aliphatic heterocycles. The third-order valence-corrected chi connectivity index (χ3v) is 4.50. The summed E-state index contributed by atoms with van der Waals surface area (Å²) < 4.78 is 1.70. The van der Waals surface area contributed by atoms with Gasteiger partial charge in [0.2, 0.25) is 0 Å². The molecule has 0 aliphatic carbocycles. The molecule has 0 spiro atoms. The molecule has 3 heterocycles. The Bertz CT molecular complexity index is 916. The Labute approximate surface area is 133 Å². The summed E-state index contributed by atoms with van der Waals surface area (Å²) in [6, 6.07) is 9.65. The normalized spacial score (nSPS) is 20.3. The first kappa shape index (κ1) is 13.9. The highest BCUT2D eigenvalue weighted by Crippen LogP contribution is 2.33. The number of amides is 1. The van der Waals surface area contributed by atoms with Crippen molar-refractivity contribution in [2.24, 2.45) is 0 Å². The fourth-order valence-electron chi connectivity index (χ4n) is 3.05. The maximum atomic E-state index is 12.8. The molecule has 1 atom stereocenters. The molecule has 0 radical (unpaired) electrons. The van der Waals surface area contributed by atoms with Gasteiger partial charge in [0.05, 0.1) is 16.9 Å². The lowest BCUT2D eigenvalue weighted by Gasteiger charge is -2.33. The number of hydrogen-bond donors (Lipinski definition) is 1. The Hall–Kier alpha value is -2.76. The van der Waals surface area contributed by atoms with Crippen molar-refractivity contribution in [2.75, 3.05) is 5.32 Å². The van der Waals surface area contributed by atoms with Crippen LogP contribution in [0.5, 0.6) is 0 Å². The average molecular weight is 307 g/mol. The Balaban J connectivity index is 1.83. The van der Waals surface area contributed by atoms with E-state index >= 15 is 0 Å². The third kappa shape index (κ3) is 2.02. The van der Waals surface area contributed by atoms with Gasteiger partial charge in [0.15, 0.2) is 0 Å². The van der Waals surface area contributed by atoms with E-state index < -0.39 is 5.54 Å². The van der Waals surface area contributed by atoms with Crippen LogP contribution in [0.15, 0.2) is 36.5 Å². The fourth-order valence-corrected chi connectivity index (χ4v) is 3.05. The van der Waals surface area contributed by atoms with E-state index in [1.165, 1.54) is 0 Å². The number of fused-ring (bicyclic) bond motifs is 2. The van der Waals surface area contributed by atoms with Crippen LogP contribution in [0.4, 0.5) is 5.69 Å². The van der Waals surface area contributed by atoms with Crippen LogP contribution < -0.4 is 5.32 Å². The summed E-state index contributed by atoms with van der Waals surface area (Å²) in [5.74, 6) is -0.0873. The first-order chi connectivity index (χ1) is 11.1. The van der Waals surface area contributed by atoms with Crippen LogP contribution in [-0.4, -0.2) is 25.9 Å². The monoisotopic (exact) mass is 307 g/mol. The van der Waals surface area contributed by atoms with E-state index in [9.17, 15) is 4.79 Å². The van der Waals surface area contributed by atoms with Crippen LogP contribution in [-0.2, 0) is 23.2 Å². The smallest absolute Gasteiger partial charge is 0.252 e. The number of pyridine rings is 1. The predicted octanol–water partition coefficient (Wildman–Crippen LogP) is 2.30. The highest BCUT2D eigenvalue weighted by atomic mass is 16.2. The van der Waals surface area contributed by atoms with E-state index in [0.717, 1.165) is 34.4 Å². The van der Waals surface area contributed by atoms with Gasteiger partial charge in [-0.25, -0.2) is 4.68 Å². The number of aryl methyl sites for hydroxylation is 1. The zero-order chi connectivity index (χ0) is 16.0. The summed E-state index contributed by atoms with van der Waals surface area (Å²) in [4.78, 5) is 17.3. The third-order valence-electron chi connectivity index (χ3n) is 4.50. The molecular formula is C17H17N5O. The molecule has 23 heavy (non-hydrogen) atoms. The van der Waals surface area contributed by atoms with Gasteiger partial charge in [-0.15, -0.1) is 5.10 Å². The molecule has 2 aromatic heterocycles. The average Bonchev–Trinajstić information content (AvgIpc) is 3.00. The van der Waals surface area contributed by atoms with E-state index in [2.05, 4.69) is 27.5 Å². The summed E-state index contributed by atoms with van der Waals surface area (Å²) >= 11 is 0. The topological polar surface area (TPSA) is 72.7 Å². The largest absolute Gasteiger partial charge is 0.322 e. The highest BCUT2D eigenvalue weighted by molar-refractivity contribution is 6.00. The molecule has 3 aromatic rings. The van der Waals surface area contributed by atoms with Gasteiger partial charge in [-0.3, -0.25) is 9.78 Å². The summed E-state index contributed by atoms with van der Waals surface area (Å²) in [6.07, 6.45) is 3.25. The Kier molecular flexibility index (Phi) is 2.94. The van der Waals surface area contributed by atoms with Crippen LogP contribution in [0.1, 0.15) is 25.1 Å². The minimum absolute atomic E-state index is 0.0873. The van der Waals surface area contributed by atoms with Gasteiger partial charge < -0.3 is 5.32 Å². The number of hydrogen-bond acceptors (Lipinski definition) is 4. The van der Waals surface area contributed by atoms with Crippen molar-refractivity contribution in [3.63, 3.8) is 0 Å². The molecule has 116 valence electrons. The van der Waals surface area contributed by atoms with Gasteiger partial charge in [0, 0.05) is 12.6 Å². The highest BCUT2D eigenvalue weighted by Gasteiger charge is 2.42. The Morgan fingerprint density at radius 3 is 3.00 bits per heavy atom. The second kappa shape index (κ2) is 4.87. The zero-order valence-corrected chi connectivity index (χ0v) is 13.1. The molecule has 0 saturated heterocycles. The molecule has 0 fully saturated rings. The quantitative estimate of drug-likeness (QED) is 0.788. The van der Waals surface area contributed by atoms with E-state index in [4.69, 9.17) is 0 Å². The Morgan fingerprint density at radius 2 is 2.17 bits per heavy atom. The number of aromatic nitrogens is 4. The molecular weight excluding hydrogens is 290 g/mol. The number of carbonyl (C=O) groups is 1. The number of nitrogens with one attached hydrogen (secondary N) is 1. The number of carbonyl (C=O) groups excluding carboxylic acids is 1. The van der Waals surface area contributed by atoms with Crippen molar-refractivity contribution in [3.05, 3.63) is 47.8 Å². The van der Waals surface area contributed by atoms with Gasteiger partial charge in [0.1, 0.15) is 11.1 Å². The molecule has 4 rings (SSSR count). The summed E-state index contributed by atoms with van der Waals surface area (Å²) in [6.45, 7) is 3.95. The lowest BCUT2D eigenvalue weighted by atomic mass is 9.89. The summed E-state index contributed by atoms with van der Waals surface area (Å²) in [5.41, 5.74) is 3.57. The minimum Gasteiger partial charge on any atom is -0.322 e. The van der Waals surface area contributed by atoms with Gasteiger partial charge in [-0.1, -0.05) is 24.3 Å². The maximum absolute atomic E-state index is 12.8. The van der Waals surface area contributed by atoms with Gasteiger partial charge >= 0.3 is 0 Å². The van der Waals surface area contributed by atoms with Crippen LogP contribution >= 0.6 is 0 Å². The molecule has 1 amide bonds. The number of rotatable bonds is 2. The van der Waals surface area contributed by atoms with Crippen molar-refractivity contribution in [3.8, 4) is 0 Å². The molecule has 0 bridgehead atoms. The van der Waals surface area contributed by atoms with E-state index in [1.807, 2.05) is 43.5 Å². The van der Waals surface area contributed by atoms with Gasteiger partial charge in [-0.2, -0.15) is 0 Å². The predicted molar refractivity (Wildman–Crippen MR) is 87.1 cm³/mol. The van der Waals surface area contributed by atoms with Gasteiger partial charge in [0.25, 0.3) is 5.91 Å². The Morgan fingerprint density at radius 1 is 1.35 bits per heavy atom. The standard InChI is InChI=1S/C17H17N5O/c1-3-11-8-13-14(18-10-11)9-17(2,16(23)19-13)22-15-7-5-4-6-12(15)20-21-22/h4-8,10H,3,9H2,1-2H3,(H,19,23)/t17-/m1/s1. The SMILES string of the molecule is CCc1cnc2c(c1)NC(=O)[C@](C)(n1nnc3ccccc31)C2. The van der Waals surface area contributed by atoms with Crippen molar-refractivity contribution in [1.82, 2.24) is 20.0 Å². The molecule has 6 heteroatoms. The summed E-state index contributed by atoms with van der Waals surface area (Å²) in [7, 11) is 0. The zero-order valence-electron chi connectivity index (χ0n) is 13.1. The van der Waals surface area contributed by atoms with Crippen LogP contribution in [0.3, 0.4) is 0 Å². The number of anilines is 1. The van der Waals surface area contributed by atoms with E-state index in [1.54, 1.807) is 4.68 Å². The first-order valence-electron chi connectivity index (χ1n) is 7.72. The van der Waals surface area contributed by atoms with Gasteiger partial charge in [-0.05, 0) is 37.1 Å². The molecule has 6 nitrogen and oxygen atoms in total. The second-order valence-electron chi connectivity index (χ2n) is 6.09.